The molecule has 0 aromatic heterocycles. The summed E-state index contributed by atoms with van der Waals surface area (Å²) in [5.41, 5.74) is 0.761. The minimum absolute atomic E-state index is 0. The fourth-order valence-electron chi connectivity index (χ4n) is 2.88. The van der Waals surface area contributed by atoms with E-state index in [9.17, 15) is 4.39 Å². The van der Waals surface area contributed by atoms with E-state index in [4.69, 9.17) is 9.47 Å². The number of halogens is 2. The van der Waals surface area contributed by atoms with Gasteiger partial charge in [0, 0.05) is 44.7 Å². The molecule has 7 heteroatoms. The van der Waals surface area contributed by atoms with Crippen LogP contribution >= 0.6 is 24.0 Å². The van der Waals surface area contributed by atoms with Crippen LogP contribution < -0.4 is 10.6 Å². The van der Waals surface area contributed by atoms with Crippen LogP contribution in [0, 0.1) is 11.7 Å². The number of benzene rings is 1. The maximum Gasteiger partial charge on any atom is 0.191 e. The van der Waals surface area contributed by atoms with Crippen LogP contribution in [0.4, 0.5) is 4.39 Å². The molecule has 2 rings (SSSR count). The first-order valence-electron chi connectivity index (χ1n) is 9.37. The molecule has 2 N–H and O–H groups in total. The summed E-state index contributed by atoms with van der Waals surface area (Å²) >= 11 is 0. The summed E-state index contributed by atoms with van der Waals surface area (Å²) in [6.07, 6.45) is 2.03. The molecule has 1 heterocycles. The van der Waals surface area contributed by atoms with Gasteiger partial charge in [-0.1, -0.05) is 26.0 Å². The molecule has 0 saturated carbocycles. The number of guanidine groups is 1. The zero-order chi connectivity index (χ0) is 18.8. The lowest BCUT2D eigenvalue weighted by molar-refractivity contribution is 0.0888. The zero-order valence-electron chi connectivity index (χ0n) is 16.6. The Kier molecular flexibility index (Phi) is 11.2. The van der Waals surface area contributed by atoms with E-state index in [1.54, 1.807) is 19.2 Å². The second-order valence-electron chi connectivity index (χ2n) is 7.40. The molecule has 1 fully saturated rings. The highest BCUT2D eigenvalue weighted by Crippen LogP contribution is 2.22. The van der Waals surface area contributed by atoms with Crippen molar-refractivity contribution in [1.82, 2.24) is 10.6 Å². The smallest absolute Gasteiger partial charge is 0.191 e. The van der Waals surface area contributed by atoms with E-state index in [2.05, 4.69) is 29.5 Å². The summed E-state index contributed by atoms with van der Waals surface area (Å²) in [6.45, 7) is 8.84. The third-order valence-electron chi connectivity index (χ3n) is 4.66. The number of aliphatic imine (C=N–C) groups is 1. The monoisotopic (exact) mass is 493 g/mol. The molecule has 0 spiro atoms. The zero-order valence-corrected chi connectivity index (χ0v) is 18.9. The summed E-state index contributed by atoms with van der Waals surface area (Å²) in [4.78, 5) is 4.25. The quantitative estimate of drug-likeness (QED) is 0.240. The summed E-state index contributed by atoms with van der Waals surface area (Å²) < 4.78 is 24.5. The van der Waals surface area contributed by atoms with Crippen molar-refractivity contribution >= 4 is 29.9 Å². The van der Waals surface area contributed by atoms with Crippen molar-refractivity contribution in [3.63, 3.8) is 0 Å². The second-order valence-corrected chi connectivity index (χ2v) is 7.40. The van der Waals surface area contributed by atoms with Crippen LogP contribution in [0.15, 0.2) is 29.3 Å². The van der Waals surface area contributed by atoms with Gasteiger partial charge >= 0.3 is 0 Å². The standard InChI is InChI=1S/C20H32FN3O2.HI/c1-20(2,17-6-4-7-18(21)12-17)15-24-19(22-3)23-9-5-10-25-13-16-8-11-26-14-16;/h4,6-7,12,16H,5,8-11,13-15H2,1-3H3,(H2,22,23,24);1H. The molecule has 0 aliphatic carbocycles. The number of hydrogen-bond donors (Lipinski definition) is 2. The van der Waals surface area contributed by atoms with Gasteiger partial charge in [0.2, 0.25) is 0 Å². The third kappa shape index (κ3) is 8.74. The minimum Gasteiger partial charge on any atom is -0.381 e. The Bertz CT molecular complexity index is 578. The van der Waals surface area contributed by atoms with Gasteiger partial charge in [-0.3, -0.25) is 4.99 Å². The first kappa shape index (κ1) is 24.1. The lowest BCUT2D eigenvalue weighted by Gasteiger charge is -2.27. The average molecular weight is 493 g/mol. The molecular weight excluding hydrogens is 460 g/mol. The highest BCUT2D eigenvalue weighted by molar-refractivity contribution is 14.0. The molecule has 154 valence electrons. The van der Waals surface area contributed by atoms with Gasteiger partial charge in [0.15, 0.2) is 5.96 Å². The fraction of sp³-hybridized carbons (Fsp3) is 0.650. The Balaban J connectivity index is 0.00000364. The van der Waals surface area contributed by atoms with Gasteiger partial charge in [0.05, 0.1) is 13.2 Å². The summed E-state index contributed by atoms with van der Waals surface area (Å²) in [7, 11) is 1.75. The minimum atomic E-state index is -0.206. The Labute approximate surface area is 179 Å². The Morgan fingerprint density at radius 2 is 2.19 bits per heavy atom. The Hall–Kier alpha value is -0.930. The number of ether oxygens (including phenoxy) is 2. The lowest BCUT2D eigenvalue weighted by atomic mass is 9.84. The van der Waals surface area contributed by atoms with Gasteiger partial charge < -0.3 is 20.1 Å². The van der Waals surface area contributed by atoms with E-state index in [-0.39, 0.29) is 35.2 Å². The van der Waals surface area contributed by atoms with Crippen LogP contribution in [-0.2, 0) is 14.9 Å². The van der Waals surface area contributed by atoms with Crippen molar-refractivity contribution < 1.29 is 13.9 Å². The molecule has 0 amide bonds. The molecule has 1 aromatic rings. The average Bonchev–Trinajstić information content (AvgIpc) is 3.14. The normalized spacial score (nSPS) is 17.5. The largest absolute Gasteiger partial charge is 0.381 e. The van der Waals surface area contributed by atoms with Crippen molar-refractivity contribution in [2.45, 2.75) is 32.1 Å². The number of rotatable bonds is 9. The summed E-state index contributed by atoms with van der Waals surface area (Å²) in [6, 6.07) is 6.75. The number of nitrogens with zero attached hydrogens (tertiary/aromatic N) is 1. The van der Waals surface area contributed by atoms with E-state index >= 15 is 0 Å². The molecular formula is C20H33FIN3O2. The van der Waals surface area contributed by atoms with Crippen LogP contribution in [-0.4, -0.2) is 52.5 Å². The molecule has 1 atom stereocenters. The molecule has 1 aliphatic rings. The van der Waals surface area contributed by atoms with Crippen LogP contribution in [0.3, 0.4) is 0 Å². The molecule has 5 nitrogen and oxygen atoms in total. The topological polar surface area (TPSA) is 54.9 Å². The van der Waals surface area contributed by atoms with E-state index in [0.29, 0.717) is 12.5 Å². The lowest BCUT2D eigenvalue weighted by Crippen LogP contribution is -2.43. The van der Waals surface area contributed by atoms with Crippen molar-refractivity contribution in [2.75, 3.05) is 46.6 Å². The maximum absolute atomic E-state index is 13.5. The predicted molar refractivity (Wildman–Crippen MR) is 119 cm³/mol. The molecule has 1 unspecified atom stereocenters. The first-order chi connectivity index (χ1) is 12.5. The Morgan fingerprint density at radius 3 is 2.85 bits per heavy atom. The van der Waals surface area contributed by atoms with Crippen molar-refractivity contribution in [3.05, 3.63) is 35.6 Å². The SMILES string of the molecule is CN=C(NCCCOCC1CCOC1)NCC(C)(C)c1cccc(F)c1.I. The van der Waals surface area contributed by atoms with Gasteiger partial charge in [-0.15, -0.1) is 24.0 Å². The van der Waals surface area contributed by atoms with Gasteiger partial charge in [-0.25, -0.2) is 4.39 Å². The highest BCUT2D eigenvalue weighted by atomic mass is 127. The van der Waals surface area contributed by atoms with E-state index in [1.807, 2.05) is 6.07 Å². The summed E-state index contributed by atoms with van der Waals surface area (Å²) in [5.74, 6) is 1.10. The molecule has 27 heavy (non-hydrogen) atoms. The summed E-state index contributed by atoms with van der Waals surface area (Å²) in [5, 5.41) is 6.62. The number of nitrogens with one attached hydrogen (secondary N) is 2. The maximum atomic E-state index is 13.5. The molecule has 0 bridgehead atoms. The number of hydrogen-bond acceptors (Lipinski definition) is 3. The van der Waals surface area contributed by atoms with E-state index < -0.39 is 0 Å². The Morgan fingerprint density at radius 1 is 1.37 bits per heavy atom. The van der Waals surface area contributed by atoms with Crippen LogP contribution in [0.25, 0.3) is 0 Å². The first-order valence-corrected chi connectivity index (χ1v) is 9.37. The van der Waals surface area contributed by atoms with Gasteiger partial charge in [-0.2, -0.15) is 0 Å². The van der Waals surface area contributed by atoms with Crippen LogP contribution in [0.1, 0.15) is 32.3 Å². The molecule has 1 aromatic carbocycles. The van der Waals surface area contributed by atoms with Crippen molar-refractivity contribution in [1.29, 1.82) is 0 Å². The fourth-order valence-corrected chi connectivity index (χ4v) is 2.88. The van der Waals surface area contributed by atoms with Crippen molar-refractivity contribution in [3.8, 4) is 0 Å². The highest BCUT2D eigenvalue weighted by Gasteiger charge is 2.21. The van der Waals surface area contributed by atoms with E-state index in [1.165, 1.54) is 6.07 Å². The second kappa shape index (κ2) is 12.5. The third-order valence-corrected chi connectivity index (χ3v) is 4.66. The van der Waals surface area contributed by atoms with E-state index in [0.717, 1.165) is 57.3 Å². The van der Waals surface area contributed by atoms with Crippen molar-refractivity contribution in [2.24, 2.45) is 10.9 Å². The van der Waals surface area contributed by atoms with Gasteiger partial charge in [0.25, 0.3) is 0 Å². The molecule has 0 radical (unpaired) electrons. The van der Waals surface area contributed by atoms with Gasteiger partial charge in [0.1, 0.15) is 5.82 Å². The molecule has 1 saturated heterocycles. The van der Waals surface area contributed by atoms with Crippen LogP contribution in [0.5, 0.6) is 0 Å². The van der Waals surface area contributed by atoms with Gasteiger partial charge in [-0.05, 0) is 30.5 Å². The molecule has 1 aliphatic heterocycles. The predicted octanol–water partition coefficient (Wildman–Crippen LogP) is 3.33. The van der Waals surface area contributed by atoms with Crippen LogP contribution in [0.2, 0.25) is 0 Å².